The molecule has 2 aliphatic rings. The summed E-state index contributed by atoms with van der Waals surface area (Å²) < 4.78 is 0. The van der Waals surface area contributed by atoms with Gasteiger partial charge in [-0.15, -0.1) is 0 Å². The minimum Gasteiger partial charge on any atom is -0.353 e. The monoisotopic (exact) mass is 280 g/mol. The molecule has 3 heteroatoms. The molecule has 0 bridgehead atoms. The van der Waals surface area contributed by atoms with E-state index < -0.39 is 0 Å². The Morgan fingerprint density at radius 3 is 2.50 bits per heavy atom. The number of piperidine rings is 1. The molecule has 1 aliphatic carbocycles. The van der Waals surface area contributed by atoms with E-state index in [0.29, 0.717) is 23.8 Å². The summed E-state index contributed by atoms with van der Waals surface area (Å²) in [5.74, 6) is 1.67. The van der Waals surface area contributed by atoms with Crippen LogP contribution < -0.4 is 10.6 Å². The van der Waals surface area contributed by atoms with Gasteiger partial charge >= 0.3 is 0 Å². The lowest BCUT2D eigenvalue weighted by molar-refractivity contribution is -0.134. The Kier molecular flexibility index (Phi) is 5.48. The molecule has 0 aromatic rings. The van der Waals surface area contributed by atoms with Gasteiger partial charge in [-0.25, -0.2) is 0 Å². The molecule has 2 atom stereocenters. The maximum atomic E-state index is 12.8. The molecule has 20 heavy (non-hydrogen) atoms. The van der Waals surface area contributed by atoms with Crippen LogP contribution in [-0.2, 0) is 4.79 Å². The predicted octanol–water partition coefficient (Wildman–Crippen LogP) is 3.10. The number of carbonyl (C=O) groups excluding carboxylic acids is 1. The highest BCUT2D eigenvalue weighted by atomic mass is 16.2. The van der Waals surface area contributed by atoms with Gasteiger partial charge in [0.15, 0.2) is 0 Å². The third-order valence-corrected chi connectivity index (χ3v) is 5.71. The Labute approximate surface area is 124 Å². The summed E-state index contributed by atoms with van der Waals surface area (Å²) in [7, 11) is 0. The van der Waals surface area contributed by atoms with E-state index in [9.17, 15) is 4.79 Å². The van der Waals surface area contributed by atoms with Crippen molar-refractivity contribution in [3.8, 4) is 0 Å². The van der Waals surface area contributed by atoms with Gasteiger partial charge in [-0.1, -0.05) is 33.6 Å². The van der Waals surface area contributed by atoms with Gasteiger partial charge in [-0.05, 0) is 57.0 Å². The molecule has 0 radical (unpaired) electrons. The summed E-state index contributed by atoms with van der Waals surface area (Å²) in [6.07, 6.45) is 8.02. The zero-order valence-corrected chi connectivity index (χ0v) is 13.5. The average Bonchev–Trinajstić information content (AvgIpc) is 2.48. The van der Waals surface area contributed by atoms with Crippen molar-refractivity contribution in [1.29, 1.82) is 0 Å². The molecule has 1 amide bonds. The summed E-state index contributed by atoms with van der Waals surface area (Å²) in [4.78, 5) is 12.8. The standard InChI is InChI=1S/C17H32N2O/c1-4-17(9-11-18-12-10-17)16(20)19-15-8-6-5-7-14(15)13(2)3/h13-15,18H,4-12H2,1-3H3,(H,19,20). The molecule has 1 aliphatic heterocycles. The lowest BCUT2D eigenvalue weighted by Gasteiger charge is -2.40. The van der Waals surface area contributed by atoms with E-state index in [1.807, 2.05) is 0 Å². The lowest BCUT2D eigenvalue weighted by Crippen LogP contribution is -2.52. The molecule has 1 saturated heterocycles. The Morgan fingerprint density at radius 1 is 1.25 bits per heavy atom. The van der Waals surface area contributed by atoms with Gasteiger partial charge in [-0.2, -0.15) is 0 Å². The van der Waals surface area contributed by atoms with Gasteiger partial charge in [-0.3, -0.25) is 4.79 Å². The normalized spacial score (nSPS) is 30.2. The molecule has 2 rings (SSSR count). The van der Waals surface area contributed by atoms with Crippen LogP contribution in [0.25, 0.3) is 0 Å². The summed E-state index contributed by atoms with van der Waals surface area (Å²) in [6.45, 7) is 8.75. The summed E-state index contributed by atoms with van der Waals surface area (Å²) in [5, 5.41) is 6.82. The van der Waals surface area contributed by atoms with Crippen LogP contribution >= 0.6 is 0 Å². The molecule has 2 unspecified atom stereocenters. The van der Waals surface area contributed by atoms with Crippen LogP contribution in [0.5, 0.6) is 0 Å². The van der Waals surface area contributed by atoms with Crippen molar-refractivity contribution < 1.29 is 4.79 Å². The Balaban J connectivity index is 2.01. The SMILES string of the molecule is CCC1(C(=O)NC2CCCCC2C(C)C)CCNCC1. The highest BCUT2D eigenvalue weighted by Gasteiger charge is 2.40. The molecule has 0 aromatic carbocycles. The van der Waals surface area contributed by atoms with Gasteiger partial charge in [0.2, 0.25) is 5.91 Å². The van der Waals surface area contributed by atoms with Crippen molar-refractivity contribution in [3.05, 3.63) is 0 Å². The molecule has 116 valence electrons. The van der Waals surface area contributed by atoms with Gasteiger partial charge in [0.25, 0.3) is 0 Å². The third-order valence-electron chi connectivity index (χ3n) is 5.71. The zero-order chi connectivity index (χ0) is 14.6. The minimum atomic E-state index is -0.107. The van der Waals surface area contributed by atoms with E-state index in [-0.39, 0.29) is 5.41 Å². The van der Waals surface area contributed by atoms with Crippen molar-refractivity contribution >= 4 is 5.91 Å². The smallest absolute Gasteiger partial charge is 0.226 e. The van der Waals surface area contributed by atoms with Crippen LogP contribution in [-0.4, -0.2) is 25.0 Å². The van der Waals surface area contributed by atoms with E-state index in [1.165, 1.54) is 25.7 Å². The van der Waals surface area contributed by atoms with Crippen molar-refractivity contribution in [3.63, 3.8) is 0 Å². The van der Waals surface area contributed by atoms with E-state index in [2.05, 4.69) is 31.4 Å². The molecule has 0 aromatic heterocycles. The van der Waals surface area contributed by atoms with Crippen LogP contribution in [0.4, 0.5) is 0 Å². The van der Waals surface area contributed by atoms with Crippen molar-refractivity contribution in [2.75, 3.05) is 13.1 Å². The highest BCUT2D eigenvalue weighted by molar-refractivity contribution is 5.83. The summed E-state index contributed by atoms with van der Waals surface area (Å²) in [6, 6.07) is 0.412. The second kappa shape index (κ2) is 6.93. The predicted molar refractivity (Wildman–Crippen MR) is 83.6 cm³/mol. The molecule has 1 saturated carbocycles. The summed E-state index contributed by atoms with van der Waals surface area (Å²) >= 11 is 0. The van der Waals surface area contributed by atoms with Crippen LogP contribution in [0.1, 0.15) is 65.7 Å². The molecule has 2 N–H and O–H groups in total. The Bertz CT molecular complexity index is 321. The maximum Gasteiger partial charge on any atom is 0.226 e. The number of nitrogens with one attached hydrogen (secondary N) is 2. The van der Waals surface area contributed by atoms with Gasteiger partial charge < -0.3 is 10.6 Å². The van der Waals surface area contributed by atoms with Crippen molar-refractivity contribution in [2.45, 2.75) is 71.8 Å². The molecular formula is C17H32N2O. The van der Waals surface area contributed by atoms with E-state index in [0.717, 1.165) is 32.4 Å². The molecule has 2 fully saturated rings. The first-order chi connectivity index (χ1) is 9.59. The zero-order valence-electron chi connectivity index (χ0n) is 13.5. The summed E-state index contributed by atoms with van der Waals surface area (Å²) in [5.41, 5.74) is -0.107. The van der Waals surface area contributed by atoms with Gasteiger partial charge in [0.05, 0.1) is 5.41 Å². The second-order valence-corrected chi connectivity index (χ2v) is 7.16. The topological polar surface area (TPSA) is 41.1 Å². The quantitative estimate of drug-likeness (QED) is 0.831. The average molecular weight is 280 g/mol. The highest BCUT2D eigenvalue weighted by Crippen LogP contribution is 2.35. The number of hydrogen-bond acceptors (Lipinski definition) is 2. The number of carbonyl (C=O) groups is 1. The lowest BCUT2D eigenvalue weighted by atomic mass is 9.74. The molecule has 3 nitrogen and oxygen atoms in total. The first-order valence-corrected chi connectivity index (χ1v) is 8.61. The van der Waals surface area contributed by atoms with E-state index in [1.54, 1.807) is 0 Å². The Hall–Kier alpha value is -0.570. The number of hydrogen-bond donors (Lipinski definition) is 2. The maximum absolute atomic E-state index is 12.8. The van der Waals surface area contributed by atoms with E-state index >= 15 is 0 Å². The van der Waals surface area contributed by atoms with Crippen LogP contribution in [0, 0.1) is 17.3 Å². The number of amides is 1. The molecule has 0 spiro atoms. The van der Waals surface area contributed by atoms with Crippen molar-refractivity contribution in [1.82, 2.24) is 10.6 Å². The fraction of sp³-hybridized carbons (Fsp3) is 0.941. The number of rotatable bonds is 4. The van der Waals surface area contributed by atoms with Gasteiger partial charge in [0, 0.05) is 6.04 Å². The molecule has 1 heterocycles. The fourth-order valence-corrected chi connectivity index (χ4v) is 4.10. The third kappa shape index (κ3) is 3.36. The first kappa shape index (κ1) is 15.8. The fourth-order valence-electron chi connectivity index (χ4n) is 4.10. The van der Waals surface area contributed by atoms with E-state index in [4.69, 9.17) is 0 Å². The molecular weight excluding hydrogens is 248 g/mol. The van der Waals surface area contributed by atoms with Gasteiger partial charge in [0.1, 0.15) is 0 Å². The van der Waals surface area contributed by atoms with Crippen LogP contribution in [0.2, 0.25) is 0 Å². The first-order valence-electron chi connectivity index (χ1n) is 8.61. The van der Waals surface area contributed by atoms with Crippen molar-refractivity contribution in [2.24, 2.45) is 17.3 Å². The van der Waals surface area contributed by atoms with Crippen LogP contribution in [0.15, 0.2) is 0 Å². The van der Waals surface area contributed by atoms with Crippen LogP contribution in [0.3, 0.4) is 0 Å². The minimum absolute atomic E-state index is 0.107. The Morgan fingerprint density at radius 2 is 1.90 bits per heavy atom. The largest absolute Gasteiger partial charge is 0.353 e. The second-order valence-electron chi connectivity index (χ2n) is 7.16.